The highest BCUT2D eigenvalue weighted by molar-refractivity contribution is 5.78. The number of piperidine rings is 1. The summed E-state index contributed by atoms with van der Waals surface area (Å²) in [5.74, 6) is 0.648. The maximum atomic E-state index is 12.0. The minimum Gasteiger partial charge on any atom is -0.393 e. The van der Waals surface area contributed by atoms with Crippen molar-refractivity contribution in [1.29, 1.82) is 0 Å². The van der Waals surface area contributed by atoms with Crippen LogP contribution in [-0.4, -0.2) is 48.7 Å². The molecule has 1 rings (SSSR count). The molecule has 0 aromatic rings. The molecule has 0 aliphatic carbocycles. The number of carbonyl (C=O) groups is 1. The number of amides is 1. The molecule has 0 radical (unpaired) electrons. The van der Waals surface area contributed by atoms with Gasteiger partial charge in [-0.25, -0.2) is 0 Å². The quantitative estimate of drug-likeness (QED) is 0.735. The summed E-state index contributed by atoms with van der Waals surface area (Å²) in [5.41, 5.74) is 0. The summed E-state index contributed by atoms with van der Waals surface area (Å²) in [6.45, 7) is 6.12. The third-order valence-electron chi connectivity index (χ3n) is 3.47. The van der Waals surface area contributed by atoms with Gasteiger partial charge in [0.05, 0.1) is 6.10 Å². The monoisotopic (exact) mass is 228 g/mol. The van der Waals surface area contributed by atoms with Gasteiger partial charge in [0.1, 0.15) is 0 Å². The van der Waals surface area contributed by atoms with E-state index in [1.807, 2.05) is 25.8 Å². The van der Waals surface area contributed by atoms with Gasteiger partial charge in [0, 0.05) is 25.6 Å². The highest BCUT2D eigenvalue weighted by Crippen LogP contribution is 2.21. The minimum atomic E-state index is -0.244. The van der Waals surface area contributed by atoms with Gasteiger partial charge in [-0.3, -0.25) is 4.79 Å². The first kappa shape index (κ1) is 13.5. The minimum absolute atomic E-state index is 0.0492. The van der Waals surface area contributed by atoms with Crippen molar-refractivity contribution in [2.75, 3.05) is 26.7 Å². The Balaban J connectivity index is 2.38. The SMILES string of the molecule is CNCC(C)C(=O)N1CCC(C(C)O)CC1. The predicted molar refractivity (Wildman–Crippen MR) is 64.1 cm³/mol. The van der Waals surface area contributed by atoms with Crippen LogP contribution in [0, 0.1) is 11.8 Å². The number of aliphatic hydroxyl groups is 1. The number of likely N-dealkylation sites (tertiary alicyclic amines) is 1. The molecule has 16 heavy (non-hydrogen) atoms. The zero-order valence-corrected chi connectivity index (χ0v) is 10.6. The number of aliphatic hydroxyl groups excluding tert-OH is 1. The molecule has 0 spiro atoms. The van der Waals surface area contributed by atoms with E-state index >= 15 is 0 Å². The Bertz CT molecular complexity index is 223. The van der Waals surface area contributed by atoms with Crippen molar-refractivity contribution in [2.45, 2.75) is 32.8 Å². The fraction of sp³-hybridized carbons (Fsp3) is 0.917. The molecule has 4 heteroatoms. The average molecular weight is 228 g/mol. The maximum absolute atomic E-state index is 12.0. The number of rotatable bonds is 4. The van der Waals surface area contributed by atoms with Gasteiger partial charge in [0.25, 0.3) is 0 Å². The molecule has 2 atom stereocenters. The smallest absolute Gasteiger partial charge is 0.226 e. The van der Waals surface area contributed by atoms with E-state index in [-0.39, 0.29) is 17.9 Å². The van der Waals surface area contributed by atoms with E-state index in [2.05, 4.69) is 5.32 Å². The summed E-state index contributed by atoms with van der Waals surface area (Å²) >= 11 is 0. The Kier molecular flexibility index (Phi) is 5.22. The third kappa shape index (κ3) is 3.46. The number of hydrogen-bond acceptors (Lipinski definition) is 3. The van der Waals surface area contributed by atoms with Crippen LogP contribution < -0.4 is 5.32 Å². The third-order valence-corrected chi connectivity index (χ3v) is 3.47. The van der Waals surface area contributed by atoms with Crippen LogP contribution in [0.3, 0.4) is 0 Å². The Morgan fingerprint density at radius 1 is 1.44 bits per heavy atom. The van der Waals surface area contributed by atoms with Crippen LogP contribution in [0.2, 0.25) is 0 Å². The van der Waals surface area contributed by atoms with Gasteiger partial charge in [-0.05, 0) is 32.7 Å². The molecule has 1 aliphatic heterocycles. The lowest BCUT2D eigenvalue weighted by atomic mass is 9.91. The maximum Gasteiger partial charge on any atom is 0.226 e. The summed E-state index contributed by atoms with van der Waals surface area (Å²) in [6, 6.07) is 0. The normalized spacial score (nSPS) is 21.9. The van der Waals surface area contributed by atoms with Crippen LogP contribution in [0.5, 0.6) is 0 Å². The zero-order valence-electron chi connectivity index (χ0n) is 10.6. The fourth-order valence-electron chi connectivity index (χ4n) is 2.31. The first-order chi connectivity index (χ1) is 7.56. The molecule has 1 saturated heterocycles. The van der Waals surface area contributed by atoms with Crippen molar-refractivity contribution >= 4 is 5.91 Å². The summed E-state index contributed by atoms with van der Waals surface area (Å²) in [4.78, 5) is 13.9. The number of nitrogens with one attached hydrogen (secondary N) is 1. The zero-order chi connectivity index (χ0) is 12.1. The summed E-state index contributed by atoms with van der Waals surface area (Å²) in [7, 11) is 1.86. The molecule has 1 aliphatic rings. The van der Waals surface area contributed by atoms with Crippen molar-refractivity contribution in [2.24, 2.45) is 11.8 Å². The van der Waals surface area contributed by atoms with E-state index in [4.69, 9.17) is 0 Å². The van der Waals surface area contributed by atoms with E-state index < -0.39 is 0 Å². The molecule has 2 unspecified atom stereocenters. The molecule has 0 bridgehead atoms. The fourth-order valence-corrected chi connectivity index (χ4v) is 2.31. The van der Waals surface area contributed by atoms with Crippen LogP contribution in [0.25, 0.3) is 0 Å². The Hall–Kier alpha value is -0.610. The molecule has 0 aromatic carbocycles. The largest absolute Gasteiger partial charge is 0.393 e. The second-order valence-corrected chi connectivity index (χ2v) is 4.86. The van der Waals surface area contributed by atoms with Crippen molar-refractivity contribution < 1.29 is 9.90 Å². The van der Waals surface area contributed by atoms with Crippen LogP contribution >= 0.6 is 0 Å². The van der Waals surface area contributed by atoms with E-state index in [9.17, 15) is 9.90 Å². The lowest BCUT2D eigenvalue weighted by Crippen LogP contribution is -2.44. The Labute approximate surface area is 98.0 Å². The molecular weight excluding hydrogens is 204 g/mol. The molecule has 4 nitrogen and oxygen atoms in total. The molecule has 1 heterocycles. The lowest BCUT2D eigenvalue weighted by Gasteiger charge is -2.34. The molecular formula is C12H24N2O2. The molecule has 1 fully saturated rings. The van der Waals surface area contributed by atoms with Gasteiger partial charge in [-0.15, -0.1) is 0 Å². The van der Waals surface area contributed by atoms with Gasteiger partial charge in [0.15, 0.2) is 0 Å². The molecule has 0 aromatic heterocycles. The Morgan fingerprint density at radius 2 is 2.00 bits per heavy atom. The summed E-state index contributed by atoms with van der Waals surface area (Å²) in [6.07, 6.45) is 1.61. The van der Waals surface area contributed by atoms with E-state index in [0.717, 1.165) is 32.5 Å². The van der Waals surface area contributed by atoms with Gasteiger partial charge in [-0.2, -0.15) is 0 Å². The number of hydrogen-bond donors (Lipinski definition) is 2. The van der Waals surface area contributed by atoms with E-state index in [0.29, 0.717) is 5.92 Å². The number of carbonyl (C=O) groups excluding carboxylic acids is 1. The van der Waals surface area contributed by atoms with Crippen LogP contribution in [0.15, 0.2) is 0 Å². The lowest BCUT2D eigenvalue weighted by molar-refractivity contribution is -0.136. The van der Waals surface area contributed by atoms with Crippen LogP contribution in [-0.2, 0) is 4.79 Å². The van der Waals surface area contributed by atoms with Gasteiger partial charge in [-0.1, -0.05) is 6.92 Å². The Morgan fingerprint density at radius 3 is 2.44 bits per heavy atom. The second kappa shape index (κ2) is 6.21. The second-order valence-electron chi connectivity index (χ2n) is 4.86. The average Bonchev–Trinajstić information content (AvgIpc) is 2.28. The van der Waals surface area contributed by atoms with Crippen molar-refractivity contribution in [1.82, 2.24) is 10.2 Å². The van der Waals surface area contributed by atoms with Gasteiger partial charge in [0.2, 0.25) is 5.91 Å². The predicted octanol–water partition coefficient (Wildman–Crippen LogP) is 0.461. The van der Waals surface area contributed by atoms with E-state index in [1.165, 1.54) is 0 Å². The molecule has 0 saturated carbocycles. The van der Waals surface area contributed by atoms with Gasteiger partial charge >= 0.3 is 0 Å². The number of nitrogens with zero attached hydrogens (tertiary/aromatic N) is 1. The van der Waals surface area contributed by atoms with Crippen molar-refractivity contribution in [3.05, 3.63) is 0 Å². The van der Waals surface area contributed by atoms with Crippen LogP contribution in [0.4, 0.5) is 0 Å². The van der Waals surface area contributed by atoms with Crippen molar-refractivity contribution in [3.8, 4) is 0 Å². The highest BCUT2D eigenvalue weighted by atomic mass is 16.3. The van der Waals surface area contributed by atoms with Crippen molar-refractivity contribution in [3.63, 3.8) is 0 Å². The van der Waals surface area contributed by atoms with Gasteiger partial charge < -0.3 is 15.3 Å². The van der Waals surface area contributed by atoms with E-state index in [1.54, 1.807) is 0 Å². The standard InChI is InChI=1S/C12H24N2O2/c1-9(8-13-3)12(16)14-6-4-11(5-7-14)10(2)15/h9-11,13,15H,4-8H2,1-3H3. The van der Waals surface area contributed by atoms with Crippen LogP contribution in [0.1, 0.15) is 26.7 Å². The summed E-state index contributed by atoms with van der Waals surface area (Å²) < 4.78 is 0. The first-order valence-corrected chi connectivity index (χ1v) is 6.17. The highest BCUT2D eigenvalue weighted by Gasteiger charge is 2.27. The topological polar surface area (TPSA) is 52.6 Å². The first-order valence-electron chi connectivity index (χ1n) is 6.17. The molecule has 1 amide bonds. The molecule has 94 valence electrons. The summed E-state index contributed by atoms with van der Waals surface area (Å²) in [5, 5.41) is 12.5. The molecule has 2 N–H and O–H groups in total.